The summed E-state index contributed by atoms with van der Waals surface area (Å²) in [5.74, 6) is 3.06. The number of hydroxylamine groups is 1. The van der Waals surface area contributed by atoms with Crippen molar-refractivity contribution in [1.82, 2.24) is 10.8 Å². The van der Waals surface area contributed by atoms with Gasteiger partial charge in [0.1, 0.15) is 12.4 Å². The monoisotopic (exact) mass is 437 g/mol. The lowest BCUT2D eigenvalue weighted by molar-refractivity contribution is -0.253. The Kier molecular flexibility index (Phi) is 9.64. The highest BCUT2D eigenvalue weighted by atomic mass is 17.3. The number of hydrogen-bond acceptors (Lipinski definition) is 10. The predicted molar refractivity (Wildman–Crippen MR) is 105 cm³/mol. The maximum Gasteiger partial charge on any atom is 0.336 e. The van der Waals surface area contributed by atoms with E-state index in [0.717, 1.165) is 0 Å². The molecule has 0 aliphatic rings. The van der Waals surface area contributed by atoms with E-state index in [1.807, 2.05) is 0 Å². The van der Waals surface area contributed by atoms with E-state index in [9.17, 15) is 19.8 Å². The van der Waals surface area contributed by atoms with E-state index in [4.69, 9.17) is 16.0 Å². The van der Waals surface area contributed by atoms with Crippen molar-refractivity contribution in [3.63, 3.8) is 0 Å². The highest BCUT2D eigenvalue weighted by molar-refractivity contribution is 6.05. The third-order valence-electron chi connectivity index (χ3n) is 4.09. The van der Waals surface area contributed by atoms with Crippen molar-refractivity contribution in [2.75, 3.05) is 13.1 Å². The number of carbonyl (C=O) groups excluding carboxylic acids is 1. The summed E-state index contributed by atoms with van der Waals surface area (Å²) in [6.07, 6.45) is 0.475. The van der Waals surface area contributed by atoms with Crippen molar-refractivity contribution < 1.29 is 44.7 Å². The molecule has 0 atom stereocenters. The first-order chi connectivity index (χ1) is 15.0. The van der Waals surface area contributed by atoms with Gasteiger partial charge in [-0.2, -0.15) is 5.90 Å². The molecule has 12 heteroatoms. The molecular weight excluding hydrogens is 414 g/mol. The van der Waals surface area contributed by atoms with E-state index in [1.165, 1.54) is 30.3 Å². The molecule has 0 radical (unpaired) electrons. The smallest absolute Gasteiger partial charge is 0.336 e. The van der Waals surface area contributed by atoms with Crippen molar-refractivity contribution in [1.29, 1.82) is 0 Å². The largest absolute Gasteiger partial charge is 0.508 e. The zero-order chi connectivity index (χ0) is 22.6. The van der Waals surface area contributed by atoms with Gasteiger partial charge in [-0.15, -0.1) is 0 Å². The summed E-state index contributed by atoms with van der Waals surface area (Å²) in [5, 5.41) is 30.0. The Morgan fingerprint density at radius 3 is 2.52 bits per heavy atom. The van der Waals surface area contributed by atoms with E-state index in [2.05, 4.69) is 25.6 Å². The predicted octanol–water partition coefficient (Wildman–Crippen LogP) is 1.11. The summed E-state index contributed by atoms with van der Waals surface area (Å²) < 4.78 is 0. The van der Waals surface area contributed by atoms with Gasteiger partial charge >= 0.3 is 5.97 Å². The zero-order valence-corrected chi connectivity index (χ0v) is 16.4. The van der Waals surface area contributed by atoms with E-state index >= 15 is 0 Å². The number of aromatic carboxylic acids is 1. The number of phenols is 1. The number of benzene rings is 2. The molecule has 7 N–H and O–H groups in total. The van der Waals surface area contributed by atoms with Gasteiger partial charge in [-0.1, -0.05) is 11.1 Å². The molecule has 0 saturated carbocycles. The fourth-order valence-corrected chi connectivity index (χ4v) is 2.62. The third kappa shape index (κ3) is 7.49. The van der Waals surface area contributed by atoms with E-state index in [1.54, 1.807) is 6.07 Å². The molecule has 0 saturated heterocycles. The highest BCUT2D eigenvalue weighted by Crippen LogP contribution is 2.19. The number of hydrogen-bond donors (Lipinski definition) is 6. The van der Waals surface area contributed by atoms with Crippen LogP contribution in [0.3, 0.4) is 0 Å². The fraction of sp³-hybridized carbons (Fsp3) is 0.263. The Hall–Kier alpha value is -3.26. The second-order valence-electron chi connectivity index (χ2n) is 6.21. The van der Waals surface area contributed by atoms with Crippen LogP contribution in [0.2, 0.25) is 0 Å². The molecule has 168 valence electrons. The van der Waals surface area contributed by atoms with Crippen LogP contribution in [-0.2, 0) is 27.9 Å². The normalized spacial score (nSPS) is 10.6. The number of nitrogens with two attached hydrogens (primary N) is 1. The van der Waals surface area contributed by atoms with E-state index < -0.39 is 11.9 Å². The topological polar surface area (TPSA) is 182 Å². The molecular formula is C19H23N3O9. The second kappa shape index (κ2) is 12.4. The van der Waals surface area contributed by atoms with Gasteiger partial charge in [-0.3, -0.25) is 14.9 Å². The number of carboxylic acids is 1. The van der Waals surface area contributed by atoms with Crippen LogP contribution in [0, 0.1) is 0 Å². The molecule has 0 aliphatic heterocycles. The average Bonchev–Trinajstić information content (AvgIpc) is 2.74. The van der Waals surface area contributed by atoms with Crippen molar-refractivity contribution >= 4 is 11.9 Å². The van der Waals surface area contributed by atoms with Crippen LogP contribution in [-0.4, -0.2) is 40.4 Å². The van der Waals surface area contributed by atoms with Gasteiger partial charge < -0.3 is 20.4 Å². The average molecular weight is 437 g/mol. The van der Waals surface area contributed by atoms with Gasteiger partial charge in [0.15, 0.2) is 5.75 Å². The summed E-state index contributed by atoms with van der Waals surface area (Å²) in [5.41, 5.74) is 3.68. The van der Waals surface area contributed by atoms with Crippen molar-refractivity contribution in [3.8, 4) is 11.5 Å². The molecule has 0 spiro atoms. The summed E-state index contributed by atoms with van der Waals surface area (Å²) in [7, 11) is 0. The molecule has 0 heterocycles. The summed E-state index contributed by atoms with van der Waals surface area (Å²) in [6, 6.07) is 8.27. The highest BCUT2D eigenvalue weighted by Gasteiger charge is 2.17. The lowest BCUT2D eigenvalue weighted by atomic mass is 10.1. The van der Waals surface area contributed by atoms with Gasteiger partial charge in [0.25, 0.3) is 5.91 Å². The number of phenolic OH excluding ortho intramolecular Hbond substituents is 1. The van der Waals surface area contributed by atoms with E-state index in [0.29, 0.717) is 24.1 Å². The Labute approximate surface area is 176 Å². The maximum atomic E-state index is 12.3. The third-order valence-corrected chi connectivity index (χ3v) is 4.09. The first-order valence-corrected chi connectivity index (χ1v) is 9.07. The molecule has 0 bridgehead atoms. The first-order valence-electron chi connectivity index (χ1n) is 9.07. The molecule has 0 unspecified atom stereocenters. The van der Waals surface area contributed by atoms with E-state index in [-0.39, 0.29) is 42.4 Å². The van der Waals surface area contributed by atoms with Crippen LogP contribution in [0.15, 0.2) is 36.4 Å². The van der Waals surface area contributed by atoms with Crippen molar-refractivity contribution in [3.05, 3.63) is 58.7 Å². The fourth-order valence-electron chi connectivity index (χ4n) is 2.62. The lowest BCUT2D eigenvalue weighted by Gasteiger charge is -2.11. The summed E-state index contributed by atoms with van der Waals surface area (Å²) in [6.45, 7) is 0.674. The molecule has 0 fully saturated rings. The number of rotatable bonds is 13. The number of amides is 1. The Morgan fingerprint density at radius 1 is 1.00 bits per heavy atom. The minimum absolute atomic E-state index is 0.0486. The Balaban J connectivity index is 1.77. The van der Waals surface area contributed by atoms with Crippen LogP contribution in [0.5, 0.6) is 11.5 Å². The molecule has 12 nitrogen and oxygen atoms in total. The van der Waals surface area contributed by atoms with Crippen LogP contribution in [0.4, 0.5) is 0 Å². The van der Waals surface area contributed by atoms with Crippen LogP contribution in [0.1, 0.15) is 38.3 Å². The van der Waals surface area contributed by atoms with Gasteiger partial charge in [0.05, 0.1) is 17.7 Å². The standard InChI is InChI=1S/C19H23N3O9/c20-31-30-15-4-5-16(19(25)26)17(9-15)18(24)21-6-1-7-22-28-10-13-8-14(23)3-2-12(13)11-29-27/h2-5,8-9,22-23,27H,1,6-7,10-11,20H2,(H,21,24)(H,25,26). The van der Waals surface area contributed by atoms with Crippen molar-refractivity contribution in [2.24, 2.45) is 5.90 Å². The Bertz CT molecular complexity index is 892. The number of carbonyl (C=O) groups is 2. The zero-order valence-electron chi connectivity index (χ0n) is 16.4. The first kappa shape index (κ1) is 24.0. The maximum absolute atomic E-state index is 12.3. The van der Waals surface area contributed by atoms with Crippen LogP contribution in [0.25, 0.3) is 0 Å². The molecule has 1 amide bonds. The van der Waals surface area contributed by atoms with Crippen LogP contribution < -0.4 is 21.6 Å². The van der Waals surface area contributed by atoms with Gasteiger partial charge in [-0.25, -0.2) is 15.2 Å². The molecule has 2 rings (SSSR count). The lowest BCUT2D eigenvalue weighted by Crippen LogP contribution is -2.28. The molecule has 0 aromatic heterocycles. The van der Waals surface area contributed by atoms with Crippen LogP contribution >= 0.6 is 0 Å². The molecule has 2 aromatic carbocycles. The second-order valence-corrected chi connectivity index (χ2v) is 6.21. The number of carboxylic acid groups (broad SMARTS) is 1. The van der Waals surface area contributed by atoms with Gasteiger partial charge in [0.2, 0.25) is 0 Å². The molecule has 2 aromatic rings. The minimum atomic E-state index is -1.27. The van der Waals surface area contributed by atoms with Crippen molar-refractivity contribution in [2.45, 2.75) is 19.6 Å². The summed E-state index contributed by atoms with van der Waals surface area (Å²) in [4.78, 5) is 41.7. The summed E-state index contributed by atoms with van der Waals surface area (Å²) >= 11 is 0. The quantitative estimate of drug-likeness (QED) is 0.150. The number of nitrogens with one attached hydrogen (secondary N) is 2. The number of aromatic hydroxyl groups is 1. The Morgan fingerprint density at radius 2 is 1.81 bits per heavy atom. The minimum Gasteiger partial charge on any atom is -0.508 e. The van der Waals surface area contributed by atoms with Gasteiger partial charge in [-0.05, 0) is 47.9 Å². The molecule has 0 aliphatic carbocycles. The molecule has 31 heavy (non-hydrogen) atoms. The SMILES string of the molecule is NOOc1ccc(C(=O)O)c(C(=O)NCCCNOCc2cc(O)ccc2COO)c1. The van der Waals surface area contributed by atoms with Gasteiger partial charge in [0, 0.05) is 13.1 Å².